The van der Waals surface area contributed by atoms with Gasteiger partial charge in [0, 0.05) is 5.02 Å². The molecule has 0 bridgehead atoms. The second-order valence-corrected chi connectivity index (χ2v) is 4.87. The second kappa shape index (κ2) is 5.00. The second-order valence-electron chi connectivity index (χ2n) is 4.44. The number of rotatable bonds is 3. The van der Waals surface area contributed by atoms with Crippen LogP contribution in [0.1, 0.15) is 37.2 Å². The van der Waals surface area contributed by atoms with Gasteiger partial charge in [-0.3, -0.25) is 0 Å². The normalized spacial score (nSPS) is 19.3. The van der Waals surface area contributed by atoms with E-state index in [9.17, 15) is 0 Å². The molecule has 0 unspecified atom stereocenters. The van der Waals surface area contributed by atoms with E-state index in [0.717, 1.165) is 17.5 Å². The van der Waals surface area contributed by atoms with E-state index < -0.39 is 0 Å². The zero-order valence-corrected chi connectivity index (χ0v) is 9.71. The molecule has 2 rings (SSSR count). The van der Waals surface area contributed by atoms with Gasteiger partial charge < -0.3 is 5.73 Å². The minimum absolute atomic E-state index is 0.532. The van der Waals surface area contributed by atoms with Gasteiger partial charge >= 0.3 is 0 Å². The maximum absolute atomic E-state index is 5.89. The summed E-state index contributed by atoms with van der Waals surface area (Å²) in [5, 5.41) is 0.806. The van der Waals surface area contributed by atoms with Gasteiger partial charge in [0.1, 0.15) is 0 Å². The highest BCUT2D eigenvalue weighted by atomic mass is 35.5. The first-order chi connectivity index (χ1) is 7.31. The van der Waals surface area contributed by atoms with Crippen molar-refractivity contribution in [1.82, 2.24) is 0 Å². The van der Waals surface area contributed by atoms with Crippen molar-refractivity contribution in [2.45, 2.75) is 31.6 Å². The van der Waals surface area contributed by atoms with Gasteiger partial charge in [-0.2, -0.15) is 0 Å². The van der Waals surface area contributed by atoms with Crippen molar-refractivity contribution in [2.75, 3.05) is 6.54 Å². The molecule has 15 heavy (non-hydrogen) atoms. The van der Waals surface area contributed by atoms with E-state index in [4.69, 9.17) is 17.3 Å². The van der Waals surface area contributed by atoms with Crippen molar-refractivity contribution in [3.05, 3.63) is 34.9 Å². The van der Waals surface area contributed by atoms with E-state index in [0.29, 0.717) is 5.92 Å². The van der Waals surface area contributed by atoms with Crippen molar-refractivity contribution >= 4 is 11.6 Å². The lowest BCUT2D eigenvalue weighted by atomic mass is 9.85. The summed E-state index contributed by atoms with van der Waals surface area (Å²) in [7, 11) is 0. The Hall–Kier alpha value is -0.530. The Morgan fingerprint density at radius 2 is 1.80 bits per heavy atom. The highest BCUT2D eigenvalue weighted by molar-refractivity contribution is 6.30. The lowest BCUT2D eigenvalue weighted by molar-refractivity contribution is 0.440. The first-order valence-electron chi connectivity index (χ1n) is 5.77. The molecule has 1 aromatic carbocycles. The van der Waals surface area contributed by atoms with Crippen LogP contribution in [0.25, 0.3) is 0 Å². The molecule has 0 aliphatic heterocycles. The summed E-state index contributed by atoms with van der Waals surface area (Å²) in [6, 6.07) is 8.18. The zero-order valence-electron chi connectivity index (χ0n) is 8.95. The van der Waals surface area contributed by atoms with Crippen LogP contribution in [0, 0.1) is 5.92 Å². The summed E-state index contributed by atoms with van der Waals surface area (Å²) in [4.78, 5) is 0. The lowest BCUT2D eigenvalue weighted by Crippen LogP contribution is -2.19. The Kier molecular flexibility index (Phi) is 3.66. The molecular weight excluding hydrogens is 206 g/mol. The number of hydrogen-bond acceptors (Lipinski definition) is 1. The number of hydrogen-bond donors (Lipinski definition) is 1. The minimum Gasteiger partial charge on any atom is -0.330 e. The summed E-state index contributed by atoms with van der Waals surface area (Å²) in [6.07, 6.45) is 5.42. The molecule has 0 radical (unpaired) electrons. The third-order valence-corrected chi connectivity index (χ3v) is 3.77. The molecule has 82 valence electrons. The SMILES string of the molecule is NC[C@@H](c1ccc(Cl)cc1)C1CCCC1. The van der Waals surface area contributed by atoms with E-state index in [-0.39, 0.29) is 0 Å². The third-order valence-electron chi connectivity index (χ3n) is 3.52. The van der Waals surface area contributed by atoms with Crippen molar-refractivity contribution in [3.63, 3.8) is 0 Å². The summed E-state index contributed by atoms with van der Waals surface area (Å²) >= 11 is 5.89. The summed E-state index contributed by atoms with van der Waals surface area (Å²) in [5.41, 5.74) is 7.25. The molecule has 1 saturated carbocycles. The Morgan fingerprint density at radius 3 is 2.33 bits per heavy atom. The summed E-state index contributed by atoms with van der Waals surface area (Å²) < 4.78 is 0. The largest absolute Gasteiger partial charge is 0.330 e. The summed E-state index contributed by atoms with van der Waals surface area (Å²) in [6.45, 7) is 0.756. The topological polar surface area (TPSA) is 26.0 Å². The Balaban J connectivity index is 2.14. The Labute approximate surface area is 96.6 Å². The van der Waals surface area contributed by atoms with Gasteiger partial charge in [0.05, 0.1) is 0 Å². The molecule has 0 heterocycles. The fourth-order valence-corrected chi connectivity index (χ4v) is 2.80. The van der Waals surface area contributed by atoms with E-state index in [1.807, 2.05) is 12.1 Å². The molecule has 2 heteroatoms. The highest BCUT2D eigenvalue weighted by Gasteiger charge is 2.24. The molecule has 1 fully saturated rings. The van der Waals surface area contributed by atoms with Gasteiger partial charge in [-0.15, -0.1) is 0 Å². The maximum Gasteiger partial charge on any atom is 0.0406 e. The van der Waals surface area contributed by atoms with Crippen molar-refractivity contribution in [2.24, 2.45) is 11.7 Å². The molecule has 1 aliphatic rings. The van der Waals surface area contributed by atoms with Crippen LogP contribution in [0.15, 0.2) is 24.3 Å². The first kappa shape index (κ1) is 11.0. The zero-order chi connectivity index (χ0) is 10.7. The summed E-state index contributed by atoms with van der Waals surface area (Å²) in [5.74, 6) is 1.32. The van der Waals surface area contributed by atoms with Crippen LogP contribution in [0.4, 0.5) is 0 Å². The molecule has 0 spiro atoms. The predicted octanol–water partition coefficient (Wildman–Crippen LogP) is 3.57. The number of nitrogens with two attached hydrogens (primary N) is 1. The van der Waals surface area contributed by atoms with E-state index in [1.165, 1.54) is 31.2 Å². The van der Waals surface area contributed by atoms with Gasteiger partial charge in [-0.25, -0.2) is 0 Å². The van der Waals surface area contributed by atoms with Gasteiger partial charge in [0.25, 0.3) is 0 Å². The third kappa shape index (κ3) is 2.53. The minimum atomic E-state index is 0.532. The monoisotopic (exact) mass is 223 g/mol. The fraction of sp³-hybridized carbons (Fsp3) is 0.538. The number of halogens is 1. The van der Waals surface area contributed by atoms with Crippen LogP contribution >= 0.6 is 11.6 Å². The van der Waals surface area contributed by atoms with Crippen LogP contribution in [0.2, 0.25) is 5.02 Å². The lowest BCUT2D eigenvalue weighted by Gasteiger charge is -2.22. The van der Waals surface area contributed by atoms with Crippen molar-refractivity contribution in [3.8, 4) is 0 Å². The Morgan fingerprint density at radius 1 is 1.20 bits per heavy atom. The van der Waals surface area contributed by atoms with Crippen LogP contribution in [-0.4, -0.2) is 6.54 Å². The van der Waals surface area contributed by atoms with Crippen LogP contribution in [0.3, 0.4) is 0 Å². The highest BCUT2D eigenvalue weighted by Crippen LogP contribution is 2.36. The van der Waals surface area contributed by atoms with Crippen LogP contribution in [-0.2, 0) is 0 Å². The maximum atomic E-state index is 5.89. The average molecular weight is 224 g/mol. The molecule has 1 nitrogen and oxygen atoms in total. The smallest absolute Gasteiger partial charge is 0.0406 e. The first-order valence-corrected chi connectivity index (χ1v) is 6.14. The molecule has 1 aromatic rings. The predicted molar refractivity (Wildman–Crippen MR) is 65.2 cm³/mol. The average Bonchev–Trinajstić information content (AvgIpc) is 2.75. The van der Waals surface area contributed by atoms with Crippen LogP contribution in [0.5, 0.6) is 0 Å². The van der Waals surface area contributed by atoms with Crippen molar-refractivity contribution < 1.29 is 0 Å². The molecule has 1 atom stereocenters. The molecule has 2 N–H and O–H groups in total. The van der Waals surface area contributed by atoms with Gasteiger partial charge in [0.15, 0.2) is 0 Å². The standard InChI is InChI=1S/C13H18ClN/c14-12-7-5-11(6-8-12)13(9-15)10-3-1-2-4-10/h5-8,10,13H,1-4,9,15H2/t13-/m1/s1. The van der Waals surface area contributed by atoms with Gasteiger partial charge in [-0.05, 0) is 48.9 Å². The van der Waals surface area contributed by atoms with Gasteiger partial charge in [-0.1, -0.05) is 36.6 Å². The molecule has 0 aromatic heterocycles. The molecular formula is C13H18ClN. The number of benzene rings is 1. The van der Waals surface area contributed by atoms with Crippen molar-refractivity contribution in [1.29, 1.82) is 0 Å². The van der Waals surface area contributed by atoms with E-state index in [1.54, 1.807) is 0 Å². The van der Waals surface area contributed by atoms with E-state index >= 15 is 0 Å². The fourth-order valence-electron chi connectivity index (χ4n) is 2.67. The molecule has 0 saturated heterocycles. The van der Waals surface area contributed by atoms with Gasteiger partial charge in [0.2, 0.25) is 0 Å². The quantitative estimate of drug-likeness (QED) is 0.833. The molecule has 1 aliphatic carbocycles. The Bertz CT molecular complexity index is 301. The molecule has 0 amide bonds. The van der Waals surface area contributed by atoms with Crippen LogP contribution < -0.4 is 5.73 Å². The van der Waals surface area contributed by atoms with E-state index in [2.05, 4.69) is 12.1 Å².